The van der Waals surface area contributed by atoms with Crippen molar-refractivity contribution < 1.29 is 23.8 Å². The lowest BCUT2D eigenvalue weighted by molar-refractivity contribution is -0.136. The first-order valence-corrected chi connectivity index (χ1v) is 14.2. The number of oxazole rings is 1. The van der Waals surface area contributed by atoms with Gasteiger partial charge in [0.15, 0.2) is 5.69 Å². The van der Waals surface area contributed by atoms with Crippen LogP contribution in [0.3, 0.4) is 0 Å². The van der Waals surface area contributed by atoms with Crippen LogP contribution in [0.2, 0.25) is 0 Å². The van der Waals surface area contributed by atoms with Gasteiger partial charge in [-0.3, -0.25) is 9.59 Å². The highest BCUT2D eigenvalue weighted by Crippen LogP contribution is 2.50. The zero-order chi connectivity index (χ0) is 26.0. The van der Waals surface area contributed by atoms with Gasteiger partial charge in [-0.05, 0) is 43.2 Å². The summed E-state index contributed by atoms with van der Waals surface area (Å²) in [6.45, 7) is 2.89. The van der Waals surface area contributed by atoms with Crippen LogP contribution < -0.4 is 5.32 Å². The maximum atomic E-state index is 12.7. The molecule has 37 heavy (non-hydrogen) atoms. The van der Waals surface area contributed by atoms with E-state index in [0.29, 0.717) is 24.6 Å². The summed E-state index contributed by atoms with van der Waals surface area (Å²) >= 11 is 0. The lowest BCUT2D eigenvalue weighted by Gasteiger charge is -2.26. The third-order valence-corrected chi connectivity index (χ3v) is 7.96. The molecule has 3 heterocycles. The number of carboxylic acid groups (broad SMARTS) is 1. The van der Waals surface area contributed by atoms with Gasteiger partial charge in [0.2, 0.25) is 5.89 Å². The number of aromatic nitrogens is 1. The second-order valence-electron chi connectivity index (χ2n) is 10.6. The van der Waals surface area contributed by atoms with E-state index in [1.54, 1.807) is 0 Å². The number of nitrogens with zero attached hydrogens (tertiary/aromatic N) is 1. The largest absolute Gasteiger partial charge is 0.481 e. The molecular weight excluding hydrogens is 468 g/mol. The number of amides is 1. The number of carbonyl (C=O) groups excluding carboxylic acids is 1. The molecule has 7 nitrogen and oxygen atoms in total. The van der Waals surface area contributed by atoms with Crippen LogP contribution in [0, 0.1) is 5.92 Å². The lowest BCUT2D eigenvalue weighted by atomic mass is 9.75. The van der Waals surface area contributed by atoms with Gasteiger partial charge >= 0.3 is 5.97 Å². The van der Waals surface area contributed by atoms with E-state index in [9.17, 15) is 9.59 Å². The molecule has 0 spiro atoms. The number of carboxylic acids is 1. The molecule has 2 bridgehead atoms. The first kappa shape index (κ1) is 27.4. The summed E-state index contributed by atoms with van der Waals surface area (Å²) in [5.74, 6) is -0.198. The second kappa shape index (κ2) is 13.8. The number of benzene rings is 1. The van der Waals surface area contributed by atoms with Crippen LogP contribution >= 0.6 is 0 Å². The van der Waals surface area contributed by atoms with Crippen molar-refractivity contribution in [2.75, 3.05) is 6.54 Å². The molecule has 0 radical (unpaired) electrons. The minimum absolute atomic E-state index is 0.000498. The zero-order valence-electron chi connectivity index (χ0n) is 22.1. The average molecular weight is 511 g/mol. The number of aliphatic carboxylic acids is 1. The maximum absolute atomic E-state index is 12.7. The van der Waals surface area contributed by atoms with Gasteiger partial charge in [0.05, 0.1) is 18.1 Å². The van der Waals surface area contributed by atoms with E-state index in [-0.39, 0.29) is 36.4 Å². The number of fused-ring (bicyclic) bond motifs is 2. The average Bonchev–Trinajstić information content (AvgIpc) is 3.64. The number of hydrogen-bond acceptors (Lipinski definition) is 5. The van der Waals surface area contributed by atoms with Crippen LogP contribution in [0.15, 0.2) is 34.9 Å². The van der Waals surface area contributed by atoms with Gasteiger partial charge in [0, 0.05) is 18.9 Å². The number of ether oxygens (including phenoxy) is 1. The molecule has 4 rings (SSSR count). The molecule has 0 saturated carbocycles. The monoisotopic (exact) mass is 510 g/mol. The highest BCUT2D eigenvalue weighted by Gasteiger charge is 2.51. The number of unbranched alkanes of at least 4 members (excludes halogenated alkanes) is 7. The lowest BCUT2D eigenvalue weighted by Crippen LogP contribution is -2.28. The van der Waals surface area contributed by atoms with E-state index >= 15 is 0 Å². The molecule has 2 aliphatic rings. The van der Waals surface area contributed by atoms with Crippen LogP contribution in [0.25, 0.3) is 0 Å². The van der Waals surface area contributed by atoms with Gasteiger partial charge in [-0.1, -0.05) is 76.1 Å². The van der Waals surface area contributed by atoms with Crippen molar-refractivity contribution in [1.29, 1.82) is 0 Å². The predicted molar refractivity (Wildman–Crippen MR) is 142 cm³/mol. The van der Waals surface area contributed by atoms with Crippen molar-refractivity contribution >= 4 is 11.9 Å². The molecule has 4 atom stereocenters. The quantitative estimate of drug-likeness (QED) is 0.266. The highest BCUT2D eigenvalue weighted by molar-refractivity contribution is 5.91. The van der Waals surface area contributed by atoms with Crippen LogP contribution in [-0.2, 0) is 22.4 Å². The third-order valence-electron chi connectivity index (χ3n) is 7.96. The number of aryl methyl sites for hydroxylation is 1. The molecule has 0 aliphatic carbocycles. The smallest absolute Gasteiger partial charge is 0.303 e. The summed E-state index contributed by atoms with van der Waals surface area (Å²) in [5, 5.41) is 12.1. The molecule has 2 aromatic rings. The minimum Gasteiger partial charge on any atom is -0.481 e. The fourth-order valence-corrected chi connectivity index (χ4v) is 5.97. The molecule has 2 aliphatic heterocycles. The summed E-state index contributed by atoms with van der Waals surface area (Å²) in [6, 6.07) is 8.06. The van der Waals surface area contributed by atoms with E-state index in [0.717, 1.165) is 43.2 Å². The Balaban J connectivity index is 1.31. The Bertz CT molecular complexity index is 1020. The Hall–Kier alpha value is -2.67. The molecule has 1 amide bonds. The minimum atomic E-state index is -0.788. The van der Waals surface area contributed by atoms with Gasteiger partial charge in [0.25, 0.3) is 5.91 Å². The Morgan fingerprint density at radius 2 is 1.70 bits per heavy atom. The summed E-state index contributed by atoms with van der Waals surface area (Å²) in [6.07, 6.45) is 14.9. The molecule has 7 heteroatoms. The molecule has 202 valence electrons. The fourth-order valence-electron chi connectivity index (χ4n) is 5.97. The molecular formula is C30H42N2O5. The Morgan fingerprint density at radius 1 is 1.00 bits per heavy atom. The number of carbonyl (C=O) groups is 2. The van der Waals surface area contributed by atoms with E-state index < -0.39 is 5.97 Å². The Kier molecular flexibility index (Phi) is 10.2. The van der Waals surface area contributed by atoms with E-state index in [1.165, 1.54) is 44.8 Å². The van der Waals surface area contributed by atoms with Gasteiger partial charge < -0.3 is 19.6 Å². The van der Waals surface area contributed by atoms with Gasteiger partial charge in [-0.25, -0.2) is 4.98 Å². The third kappa shape index (κ3) is 7.44. The molecule has 1 aromatic heterocycles. The zero-order valence-corrected chi connectivity index (χ0v) is 22.1. The van der Waals surface area contributed by atoms with Crippen molar-refractivity contribution in [3.8, 4) is 0 Å². The molecule has 2 N–H and O–H groups in total. The second-order valence-corrected chi connectivity index (χ2v) is 10.6. The van der Waals surface area contributed by atoms with Crippen molar-refractivity contribution in [3.63, 3.8) is 0 Å². The SMILES string of the molecule is CCCCCCCCCCNC(=O)c1coc(C2C3CCC(O3)C2Cc2ccccc2CCC(=O)O)n1. The first-order chi connectivity index (χ1) is 18.1. The fraction of sp³-hybridized carbons (Fsp3) is 0.633. The molecule has 1 aromatic carbocycles. The normalized spacial score (nSPS) is 22.4. The van der Waals surface area contributed by atoms with Gasteiger partial charge in [0.1, 0.15) is 6.26 Å². The summed E-state index contributed by atoms with van der Waals surface area (Å²) in [4.78, 5) is 28.4. The van der Waals surface area contributed by atoms with E-state index in [1.807, 2.05) is 18.2 Å². The number of rotatable bonds is 16. The van der Waals surface area contributed by atoms with E-state index in [2.05, 4.69) is 23.3 Å². The Morgan fingerprint density at radius 3 is 2.46 bits per heavy atom. The summed E-state index contributed by atoms with van der Waals surface area (Å²) < 4.78 is 12.1. The number of nitrogens with one attached hydrogen (secondary N) is 1. The van der Waals surface area contributed by atoms with Gasteiger partial charge in [-0.15, -0.1) is 0 Å². The van der Waals surface area contributed by atoms with Crippen molar-refractivity contribution in [1.82, 2.24) is 10.3 Å². The van der Waals surface area contributed by atoms with Crippen molar-refractivity contribution in [2.24, 2.45) is 5.92 Å². The summed E-state index contributed by atoms with van der Waals surface area (Å²) in [7, 11) is 0. The van der Waals surface area contributed by atoms with Gasteiger partial charge in [-0.2, -0.15) is 0 Å². The van der Waals surface area contributed by atoms with Crippen LogP contribution in [0.5, 0.6) is 0 Å². The predicted octanol–water partition coefficient (Wildman–Crippen LogP) is 6.07. The standard InChI is InChI=1S/C30H42N2O5/c1-2-3-4-5-6-7-8-11-18-31-29(35)24-20-36-30(32-24)28-23(25-15-16-26(28)37-25)19-22-13-10-9-12-21(22)14-17-27(33)34/h9-10,12-13,20,23,25-26,28H,2-8,11,14-19H2,1H3,(H,31,35)(H,33,34). The summed E-state index contributed by atoms with van der Waals surface area (Å²) in [5.41, 5.74) is 2.56. The van der Waals surface area contributed by atoms with E-state index in [4.69, 9.17) is 14.3 Å². The molecule has 2 saturated heterocycles. The number of hydrogen-bond donors (Lipinski definition) is 2. The molecule has 4 unspecified atom stereocenters. The van der Waals surface area contributed by atoms with Crippen LogP contribution in [0.4, 0.5) is 0 Å². The maximum Gasteiger partial charge on any atom is 0.303 e. The first-order valence-electron chi connectivity index (χ1n) is 14.2. The van der Waals surface area contributed by atoms with Crippen molar-refractivity contribution in [2.45, 2.75) is 109 Å². The Labute approximate surface area is 220 Å². The molecule has 2 fully saturated rings. The van der Waals surface area contributed by atoms with Crippen LogP contribution in [-0.4, -0.2) is 40.7 Å². The van der Waals surface area contributed by atoms with Crippen molar-refractivity contribution in [3.05, 3.63) is 53.2 Å². The highest BCUT2D eigenvalue weighted by atomic mass is 16.5. The topological polar surface area (TPSA) is 102 Å². The van der Waals surface area contributed by atoms with Crippen LogP contribution in [0.1, 0.15) is 111 Å².